The van der Waals surface area contributed by atoms with E-state index in [0.29, 0.717) is 17.9 Å². The molecule has 0 saturated carbocycles. The second-order valence-electron chi connectivity index (χ2n) is 4.01. The fourth-order valence-electron chi connectivity index (χ4n) is 1.88. The van der Waals surface area contributed by atoms with Crippen LogP contribution in [0.15, 0.2) is 35.2 Å². The topological polar surface area (TPSA) is 66.4 Å². The number of hydrogen-bond donors (Lipinski definition) is 2. The predicted molar refractivity (Wildman–Crippen MR) is 60.9 cm³/mol. The molecule has 0 aromatic heterocycles. The molecule has 0 bridgehead atoms. The molecule has 2 N–H and O–H groups in total. The van der Waals surface area contributed by atoms with Crippen molar-refractivity contribution in [3.63, 3.8) is 0 Å². The minimum absolute atomic E-state index is 0.0435. The molecule has 16 heavy (non-hydrogen) atoms. The van der Waals surface area contributed by atoms with Crippen molar-refractivity contribution in [1.82, 2.24) is 5.32 Å². The normalized spacial score (nSPS) is 25.8. The summed E-state index contributed by atoms with van der Waals surface area (Å²) in [7, 11) is -3.30. The van der Waals surface area contributed by atoms with Crippen molar-refractivity contribution in [3.8, 4) is 0 Å². The molecule has 0 amide bonds. The van der Waals surface area contributed by atoms with Crippen LogP contribution in [-0.2, 0) is 9.84 Å². The average molecular weight is 241 g/mol. The zero-order valence-corrected chi connectivity index (χ0v) is 9.65. The van der Waals surface area contributed by atoms with Crippen LogP contribution in [0.2, 0.25) is 0 Å². The van der Waals surface area contributed by atoms with Crippen molar-refractivity contribution in [1.29, 1.82) is 0 Å². The average Bonchev–Trinajstić information content (AvgIpc) is 2.65. The van der Waals surface area contributed by atoms with Gasteiger partial charge in [-0.3, -0.25) is 0 Å². The number of aliphatic hydroxyl groups excluding tert-OH is 1. The van der Waals surface area contributed by atoms with E-state index in [1.54, 1.807) is 30.3 Å². The highest BCUT2D eigenvalue weighted by Gasteiger charge is 2.30. The highest BCUT2D eigenvalue weighted by molar-refractivity contribution is 7.91. The van der Waals surface area contributed by atoms with E-state index in [1.807, 2.05) is 0 Å². The number of benzene rings is 1. The van der Waals surface area contributed by atoms with Gasteiger partial charge in [0.2, 0.25) is 0 Å². The zero-order chi connectivity index (χ0) is 11.6. The summed E-state index contributed by atoms with van der Waals surface area (Å²) in [6.07, 6.45) is 0.0631. The van der Waals surface area contributed by atoms with Gasteiger partial charge in [0.05, 0.1) is 16.8 Å². The first kappa shape index (κ1) is 11.6. The first-order valence-corrected chi connectivity index (χ1v) is 6.94. The Kier molecular flexibility index (Phi) is 3.28. The molecule has 0 unspecified atom stereocenters. The zero-order valence-electron chi connectivity index (χ0n) is 8.83. The van der Waals surface area contributed by atoms with E-state index in [-0.39, 0.29) is 11.8 Å². The van der Waals surface area contributed by atoms with Gasteiger partial charge >= 0.3 is 0 Å². The van der Waals surface area contributed by atoms with Crippen LogP contribution >= 0.6 is 0 Å². The fourth-order valence-corrected chi connectivity index (χ4v) is 3.46. The predicted octanol–water partition coefficient (Wildman–Crippen LogP) is 0.183. The molecule has 0 spiro atoms. The summed E-state index contributed by atoms with van der Waals surface area (Å²) in [5, 5.41) is 12.6. The third-order valence-corrected chi connectivity index (χ3v) is 4.60. The number of aliphatic hydroxyl groups is 1. The van der Waals surface area contributed by atoms with Crippen LogP contribution in [0.3, 0.4) is 0 Å². The number of rotatable bonds is 3. The molecule has 4 nitrogen and oxygen atoms in total. The van der Waals surface area contributed by atoms with Gasteiger partial charge in [-0.1, -0.05) is 18.2 Å². The van der Waals surface area contributed by atoms with E-state index in [1.165, 1.54) is 0 Å². The lowest BCUT2D eigenvalue weighted by Crippen LogP contribution is -2.37. The molecule has 1 aromatic carbocycles. The smallest absolute Gasteiger partial charge is 0.180 e. The monoisotopic (exact) mass is 241 g/mol. The Hall–Kier alpha value is -0.910. The summed E-state index contributed by atoms with van der Waals surface area (Å²) in [4.78, 5) is 0.316. The summed E-state index contributed by atoms with van der Waals surface area (Å²) in [5.74, 6) is -0.0435. The lowest BCUT2D eigenvalue weighted by molar-refractivity contribution is 0.167. The van der Waals surface area contributed by atoms with Gasteiger partial charge in [-0.15, -0.1) is 0 Å². The molecule has 1 saturated heterocycles. The quantitative estimate of drug-likeness (QED) is 0.792. The SMILES string of the molecule is O=S(=O)(C[C@H]1NCC[C@H]1O)c1ccccc1. The van der Waals surface area contributed by atoms with E-state index in [0.717, 1.165) is 0 Å². The van der Waals surface area contributed by atoms with Gasteiger partial charge in [0.15, 0.2) is 9.84 Å². The van der Waals surface area contributed by atoms with Gasteiger partial charge < -0.3 is 10.4 Å². The Morgan fingerprint density at radius 1 is 1.31 bits per heavy atom. The first-order valence-electron chi connectivity index (χ1n) is 5.29. The molecular weight excluding hydrogens is 226 g/mol. The molecule has 0 radical (unpaired) electrons. The molecule has 1 aliphatic rings. The van der Waals surface area contributed by atoms with Crippen LogP contribution in [0.25, 0.3) is 0 Å². The van der Waals surface area contributed by atoms with Crippen molar-refractivity contribution in [3.05, 3.63) is 30.3 Å². The second kappa shape index (κ2) is 4.53. The van der Waals surface area contributed by atoms with Crippen LogP contribution in [0.1, 0.15) is 6.42 Å². The lowest BCUT2D eigenvalue weighted by Gasteiger charge is -2.14. The van der Waals surface area contributed by atoms with Crippen molar-refractivity contribution in [2.75, 3.05) is 12.3 Å². The Labute approximate surface area is 95.2 Å². The summed E-state index contributed by atoms with van der Waals surface area (Å²) < 4.78 is 24.0. The van der Waals surface area contributed by atoms with Crippen LogP contribution < -0.4 is 5.32 Å². The maximum Gasteiger partial charge on any atom is 0.180 e. The van der Waals surface area contributed by atoms with Crippen molar-refractivity contribution < 1.29 is 13.5 Å². The highest BCUT2D eigenvalue weighted by atomic mass is 32.2. The Balaban J connectivity index is 2.15. The van der Waals surface area contributed by atoms with E-state index >= 15 is 0 Å². The van der Waals surface area contributed by atoms with Crippen LogP contribution in [0, 0.1) is 0 Å². The second-order valence-corrected chi connectivity index (χ2v) is 6.05. The fraction of sp³-hybridized carbons (Fsp3) is 0.455. The molecule has 2 atom stereocenters. The van der Waals surface area contributed by atoms with E-state index in [9.17, 15) is 13.5 Å². The van der Waals surface area contributed by atoms with Crippen molar-refractivity contribution >= 4 is 9.84 Å². The molecule has 5 heteroatoms. The van der Waals surface area contributed by atoms with Gasteiger partial charge in [0.1, 0.15) is 0 Å². The van der Waals surface area contributed by atoms with Gasteiger partial charge in [-0.05, 0) is 25.1 Å². The Morgan fingerprint density at radius 2 is 2.00 bits per heavy atom. The number of nitrogens with one attached hydrogen (secondary N) is 1. The van der Waals surface area contributed by atoms with E-state index < -0.39 is 15.9 Å². The molecule has 2 rings (SSSR count). The van der Waals surface area contributed by atoms with E-state index in [2.05, 4.69) is 5.32 Å². The Morgan fingerprint density at radius 3 is 2.56 bits per heavy atom. The molecule has 1 fully saturated rings. The van der Waals surface area contributed by atoms with Crippen molar-refractivity contribution in [2.24, 2.45) is 0 Å². The van der Waals surface area contributed by atoms with Gasteiger partial charge in [-0.2, -0.15) is 0 Å². The maximum absolute atomic E-state index is 12.0. The standard InChI is InChI=1S/C11H15NO3S/c13-11-6-7-12-10(11)8-16(14,15)9-4-2-1-3-5-9/h1-5,10-13H,6-8H2/t10-,11-/m1/s1. The minimum atomic E-state index is -3.30. The third kappa shape index (κ3) is 2.42. The Bertz CT molecular complexity index is 444. The van der Waals surface area contributed by atoms with Gasteiger partial charge in [-0.25, -0.2) is 8.42 Å². The molecule has 1 heterocycles. The van der Waals surface area contributed by atoms with E-state index in [4.69, 9.17) is 0 Å². The third-order valence-electron chi connectivity index (χ3n) is 2.81. The molecule has 0 aliphatic carbocycles. The van der Waals surface area contributed by atoms with Crippen LogP contribution in [0.4, 0.5) is 0 Å². The maximum atomic E-state index is 12.0. The summed E-state index contributed by atoms with van der Waals surface area (Å²) in [6.45, 7) is 0.677. The number of hydrogen-bond acceptors (Lipinski definition) is 4. The molecule has 1 aromatic rings. The summed E-state index contributed by atoms with van der Waals surface area (Å²) in [5.41, 5.74) is 0. The number of sulfone groups is 1. The summed E-state index contributed by atoms with van der Waals surface area (Å²) >= 11 is 0. The van der Waals surface area contributed by atoms with Crippen molar-refractivity contribution in [2.45, 2.75) is 23.5 Å². The molecular formula is C11H15NO3S. The largest absolute Gasteiger partial charge is 0.391 e. The first-order chi connectivity index (χ1) is 7.59. The molecule has 88 valence electrons. The van der Waals surface area contributed by atoms with Gasteiger partial charge in [0, 0.05) is 6.04 Å². The minimum Gasteiger partial charge on any atom is -0.391 e. The van der Waals surface area contributed by atoms with Crippen LogP contribution in [-0.4, -0.2) is 38.0 Å². The lowest BCUT2D eigenvalue weighted by atomic mass is 10.2. The highest BCUT2D eigenvalue weighted by Crippen LogP contribution is 2.15. The van der Waals surface area contributed by atoms with Crippen LogP contribution in [0.5, 0.6) is 0 Å². The summed E-state index contributed by atoms with van der Waals surface area (Å²) in [6, 6.07) is 8.00. The van der Waals surface area contributed by atoms with Gasteiger partial charge in [0.25, 0.3) is 0 Å². The molecule has 1 aliphatic heterocycles.